The van der Waals surface area contributed by atoms with E-state index in [4.69, 9.17) is 21.3 Å². The van der Waals surface area contributed by atoms with Gasteiger partial charge in [-0.15, -0.1) is 0 Å². The van der Waals surface area contributed by atoms with Gasteiger partial charge in [0.05, 0.1) is 12.1 Å². The third-order valence-electron chi connectivity index (χ3n) is 4.46. The highest BCUT2D eigenvalue weighted by Crippen LogP contribution is 2.37. The fourth-order valence-corrected chi connectivity index (χ4v) is 3.20. The Kier molecular flexibility index (Phi) is 4.89. The number of phenols is 1. The number of hydrogen-bond acceptors (Lipinski definition) is 5. The molecule has 3 rings (SSSR count). The first-order valence-corrected chi connectivity index (χ1v) is 8.79. The summed E-state index contributed by atoms with van der Waals surface area (Å²) in [5.41, 5.74) is 3.14. The Morgan fingerprint density at radius 1 is 1.32 bits per heavy atom. The van der Waals surface area contributed by atoms with Crippen LogP contribution in [-0.4, -0.2) is 33.6 Å². The summed E-state index contributed by atoms with van der Waals surface area (Å²) in [5.74, 6) is 1.28. The molecule has 1 aliphatic rings. The minimum absolute atomic E-state index is 0.00257. The molecule has 1 aromatic carbocycles. The average molecular weight is 362 g/mol. The van der Waals surface area contributed by atoms with Crippen molar-refractivity contribution >= 4 is 11.6 Å². The van der Waals surface area contributed by atoms with Gasteiger partial charge in [0, 0.05) is 48.9 Å². The molecule has 1 N–H and O–H groups in total. The van der Waals surface area contributed by atoms with Crippen LogP contribution >= 0.6 is 11.6 Å². The number of aromatic nitrogens is 2. The molecule has 0 spiro atoms. The molecule has 5 nitrogen and oxygen atoms in total. The molecule has 0 atom stereocenters. The summed E-state index contributed by atoms with van der Waals surface area (Å²) in [7, 11) is 1.51. The zero-order valence-corrected chi connectivity index (χ0v) is 15.9. The molecule has 2 aromatic rings. The van der Waals surface area contributed by atoms with Gasteiger partial charge in [0.25, 0.3) is 0 Å². The molecule has 0 aliphatic carbocycles. The number of nitrogens with zero attached hydrogens (tertiary/aromatic N) is 3. The highest BCUT2D eigenvalue weighted by molar-refractivity contribution is 6.33. The third-order valence-corrected chi connectivity index (χ3v) is 4.88. The standard InChI is InChI=1S/C19H24ClN3O2/c1-19(2,3)18-21-9-13-11-23(8-7-14(13)22-18)10-12-5-6-15(25-4)17(24)16(12)20/h5-6,9,24H,7-8,10-11H2,1-4H3. The number of halogens is 1. The molecular weight excluding hydrogens is 338 g/mol. The lowest BCUT2D eigenvalue weighted by molar-refractivity contribution is 0.241. The van der Waals surface area contributed by atoms with Crippen molar-refractivity contribution in [1.29, 1.82) is 0 Å². The molecule has 134 valence electrons. The Labute approximate surface area is 153 Å². The van der Waals surface area contributed by atoms with E-state index in [0.29, 0.717) is 17.3 Å². The molecule has 0 amide bonds. The molecule has 1 aliphatic heterocycles. The second-order valence-corrected chi connectivity index (χ2v) is 7.84. The molecule has 0 bridgehead atoms. The third kappa shape index (κ3) is 3.72. The van der Waals surface area contributed by atoms with E-state index in [9.17, 15) is 5.11 Å². The Morgan fingerprint density at radius 2 is 2.08 bits per heavy atom. The van der Waals surface area contributed by atoms with Crippen LogP contribution in [0, 0.1) is 0 Å². The van der Waals surface area contributed by atoms with Crippen molar-refractivity contribution < 1.29 is 9.84 Å². The molecule has 6 heteroatoms. The number of rotatable bonds is 3. The van der Waals surface area contributed by atoms with E-state index in [1.165, 1.54) is 7.11 Å². The normalized spacial score (nSPS) is 15.1. The van der Waals surface area contributed by atoms with Gasteiger partial charge in [-0.05, 0) is 11.6 Å². The summed E-state index contributed by atoms with van der Waals surface area (Å²) in [6, 6.07) is 3.64. The van der Waals surface area contributed by atoms with Crippen LogP contribution < -0.4 is 4.74 Å². The first-order chi connectivity index (χ1) is 11.8. The van der Waals surface area contributed by atoms with Crippen LogP contribution in [0.5, 0.6) is 11.5 Å². The van der Waals surface area contributed by atoms with E-state index in [1.54, 1.807) is 6.07 Å². The maximum Gasteiger partial charge on any atom is 0.177 e. The Bertz CT molecular complexity index is 787. The van der Waals surface area contributed by atoms with Crippen LogP contribution in [0.15, 0.2) is 18.3 Å². The number of hydrogen-bond donors (Lipinski definition) is 1. The number of methoxy groups -OCH3 is 1. The Balaban J connectivity index is 1.77. The highest BCUT2D eigenvalue weighted by atomic mass is 35.5. The molecule has 1 aromatic heterocycles. The van der Waals surface area contributed by atoms with Gasteiger partial charge in [-0.1, -0.05) is 38.4 Å². The van der Waals surface area contributed by atoms with E-state index >= 15 is 0 Å². The monoisotopic (exact) mass is 361 g/mol. The second-order valence-electron chi connectivity index (χ2n) is 7.47. The summed E-state index contributed by atoms with van der Waals surface area (Å²) in [4.78, 5) is 11.6. The molecule has 0 radical (unpaired) electrons. The Morgan fingerprint density at radius 3 is 2.76 bits per heavy atom. The van der Waals surface area contributed by atoms with Crippen LogP contribution in [0.1, 0.15) is 43.4 Å². The summed E-state index contributed by atoms with van der Waals surface area (Å²) in [5, 5.41) is 10.4. The van der Waals surface area contributed by atoms with Gasteiger partial charge in [-0.25, -0.2) is 9.97 Å². The van der Waals surface area contributed by atoms with Crippen LogP contribution in [0.4, 0.5) is 0 Å². The van der Waals surface area contributed by atoms with Gasteiger partial charge in [-0.2, -0.15) is 0 Å². The highest BCUT2D eigenvalue weighted by Gasteiger charge is 2.23. The summed E-state index contributed by atoms with van der Waals surface area (Å²) >= 11 is 6.29. The molecule has 0 unspecified atom stereocenters. The lowest BCUT2D eigenvalue weighted by Crippen LogP contribution is -2.32. The first kappa shape index (κ1) is 18.0. The van der Waals surface area contributed by atoms with E-state index < -0.39 is 0 Å². The minimum atomic E-state index is -0.0414. The smallest absolute Gasteiger partial charge is 0.177 e. The zero-order valence-electron chi connectivity index (χ0n) is 15.1. The van der Waals surface area contributed by atoms with Gasteiger partial charge in [0.1, 0.15) is 5.82 Å². The molecule has 2 heterocycles. The van der Waals surface area contributed by atoms with Gasteiger partial charge < -0.3 is 9.84 Å². The van der Waals surface area contributed by atoms with Crippen LogP contribution in [0.3, 0.4) is 0 Å². The summed E-state index contributed by atoms with van der Waals surface area (Å²) in [6.45, 7) is 8.72. The molecule has 0 saturated carbocycles. The maximum atomic E-state index is 10.1. The van der Waals surface area contributed by atoms with Crippen molar-refractivity contribution in [3.05, 3.63) is 46.0 Å². The maximum absolute atomic E-state index is 10.1. The van der Waals surface area contributed by atoms with E-state index in [2.05, 4.69) is 30.7 Å². The number of benzene rings is 1. The summed E-state index contributed by atoms with van der Waals surface area (Å²) in [6.07, 6.45) is 2.84. The lowest BCUT2D eigenvalue weighted by Gasteiger charge is -2.29. The van der Waals surface area contributed by atoms with Crippen molar-refractivity contribution in [2.24, 2.45) is 0 Å². The van der Waals surface area contributed by atoms with Crippen molar-refractivity contribution in [1.82, 2.24) is 14.9 Å². The van der Waals surface area contributed by atoms with Crippen molar-refractivity contribution in [2.45, 2.75) is 45.7 Å². The number of phenolic OH excluding ortho intramolecular Hbond substituents is 1. The molecule has 0 fully saturated rings. The Hall–Kier alpha value is -1.85. The molecular formula is C19H24ClN3O2. The van der Waals surface area contributed by atoms with Gasteiger partial charge in [0.15, 0.2) is 11.5 Å². The quantitative estimate of drug-likeness (QED) is 0.903. The van der Waals surface area contributed by atoms with Gasteiger partial charge >= 0.3 is 0 Å². The lowest BCUT2D eigenvalue weighted by atomic mass is 9.95. The van der Waals surface area contributed by atoms with Crippen molar-refractivity contribution in [3.8, 4) is 11.5 Å². The van der Waals surface area contributed by atoms with Crippen LogP contribution in [0.25, 0.3) is 0 Å². The largest absolute Gasteiger partial charge is 0.503 e. The average Bonchev–Trinajstić information content (AvgIpc) is 2.58. The summed E-state index contributed by atoms with van der Waals surface area (Å²) < 4.78 is 5.09. The zero-order chi connectivity index (χ0) is 18.2. The van der Waals surface area contributed by atoms with Crippen LogP contribution in [0.2, 0.25) is 5.02 Å². The number of aromatic hydroxyl groups is 1. The molecule has 0 saturated heterocycles. The SMILES string of the molecule is COc1ccc(CN2CCc3nc(C(C)(C)C)ncc3C2)c(Cl)c1O. The fraction of sp³-hybridized carbons (Fsp3) is 0.474. The minimum Gasteiger partial charge on any atom is -0.503 e. The van der Waals surface area contributed by atoms with Crippen molar-refractivity contribution in [3.63, 3.8) is 0 Å². The van der Waals surface area contributed by atoms with Crippen LogP contribution in [-0.2, 0) is 24.9 Å². The predicted octanol–water partition coefficient (Wildman–Crippen LogP) is 3.70. The van der Waals surface area contributed by atoms with Gasteiger partial charge in [0.2, 0.25) is 0 Å². The van der Waals surface area contributed by atoms with Gasteiger partial charge in [-0.3, -0.25) is 4.90 Å². The van der Waals surface area contributed by atoms with Crippen molar-refractivity contribution in [2.75, 3.05) is 13.7 Å². The van der Waals surface area contributed by atoms with E-state index in [0.717, 1.165) is 42.2 Å². The van der Waals surface area contributed by atoms with E-state index in [-0.39, 0.29) is 11.2 Å². The topological polar surface area (TPSA) is 58.5 Å². The second kappa shape index (κ2) is 6.81. The number of fused-ring (bicyclic) bond motifs is 1. The number of ether oxygens (including phenoxy) is 1. The first-order valence-electron chi connectivity index (χ1n) is 8.41. The van der Waals surface area contributed by atoms with E-state index in [1.807, 2.05) is 12.3 Å². The fourth-order valence-electron chi connectivity index (χ4n) is 2.99. The predicted molar refractivity (Wildman–Crippen MR) is 98.2 cm³/mol. The molecule has 25 heavy (non-hydrogen) atoms.